The van der Waals surface area contributed by atoms with Crippen LogP contribution in [0.1, 0.15) is 11.5 Å². The molecule has 0 fully saturated rings. The van der Waals surface area contributed by atoms with Gasteiger partial charge in [-0.1, -0.05) is 0 Å². The van der Waals surface area contributed by atoms with Gasteiger partial charge in [0.2, 0.25) is 0 Å². The summed E-state index contributed by atoms with van der Waals surface area (Å²) in [4.78, 5) is 20.9. The molecule has 2 aromatic heterocycles. The van der Waals surface area contributed by atoms with Gasteiger partial charge in [-0.25, -0.2) is 0 Å². The summed E-state index contributed by atoms with van der Waals surface area (Å²) in [6.07, 6.45) is 2.41. The summed E-state index contributed by atoms with van der Waals surface area (Å²) in [5, 5.41) is 21.1. The normalized spacial score (nSPS) is 8.50. The summed E-state index contributed by atoms with van der Waals surface area (Å²) in [6, 6.07) is 2.21. The van der Waals surface area contributed by atoms with E-state index in [1.807, 2.05) is 0 Å². The van der Waals surface area contributed by atoms with E-state index >= 15 is 0 Å². The van der Waals surface area contributed by atoms with Gasteiger partial charge in [-0.3, -0.25) is 9.59 Å². The van der Waals surface area contributed by atoms with E-state index in [9.17, 15) is 19.8 Å². The molecule has 0 saturated heterocycles. The zero-order valence-electron chi connectivity index (χ0n) is 10.6. The van der Waals surface area contributed by atoms with Gasteiger partial charge in [0.25, 0.3) is 0 Å². The van der Waals surface area contributed by atoms with E-state index in [1.165, 1.54) is 26.4 Å². The Bertz CT molecular complexity index is 587. The van der Waals surface area contributed by atoms with Crippen LogP contribution in [0.4, 0.5) is 0 Å². The largest absolute Gasteiger partial charge is 4.00 e. The average Bonchev–Trinajstić information content (AvgIpc) is 2.34. The fourth-order valence-electron chi connectivity index (χ4n) is 1.00. The minimum absolute atomic E-state index is 0. The maximum atomic E-state index is 10.6. The maximum absolute atomic E-state index is 10.6. The van der Waals surface area contributed by atoms with Crippen molar-refractivity contribution in [2.45, 2.75) is 13.8 Å². The molecule has 0 bridgehead atoms. The van der Waals surface area contributed by atoms with Crippen LogP contribution in [0.3, 0.4) is 0 Å². The molecule has 0 amide bonds. The third kappa shape index (κ3) is 5.35. The average molecular weight is 317 g/mol. The van der Waals surface area contributed by atoms with E-state index < -0.39 is 22.4 Å². The molecule has 0 aliphatic carbocycles. The predicted molar refractivity (Wildman–Crippen MR) is 59.0 cm³/mol. The molecule has 0 aliphatic rings. The van der Waals surface area contributed by atoms with Crippen molar-refractivity contribution < 1.29 is 43.1 Å². The molecule has 7 nitrogen and oxygen atoms in total. The van der Waals surface area contributed by atoms with Gasteiger partial charge in [0.05, 0.1) is 24.0 Å². The zero-order valence-corrected chi connectivity index (χ0v) is 12.0. The molecular weight excluding hydrogens is 307 g/mol. The standard InChI is InChI=1S/2C6H6O3.O.V/c2*1-4-6(8)5(7)2-3-9-4;;/h2*2-3,8H,1H3;;/q;;-2;+4/p-2. The van der Waals surface area contributed by atoms with Crippen LogP contribution in [0.15, 0.2) is 43.1 Å². The van der Waals surface area contributed by atoms with E-state index in [0.29, 0.717) is 0 Å². The molecule has 0 aromatic carbocycles. The summed E-state index contributed by atoms with van der Waals surface area (Å²) in [5.41, 5.74) is -1.03. The second-order valence-corrected chi connectivity index (χ2v) is 3.34. The fraction of sp³-hybridized carbons (Fsp3) is 0.167. The van der Waals surface area contributed by atoms with Crippen molar-refractivity contribution in [1.82, 2.24) is 0 Å². The Morgan fingerprint density at radius 1 is 0.850 bits per heavy atom. The monoisotopic (exact) mass is 317 g/mol. The molecule has 2 rings (SSSR count). The number of hydrogen-bond donors (Lipinski definition) is 0. The first-order valence-corrected chi connectivity index (χ1v) is 4.94. The van der Waals surface area contributed by atoms with Crippen LogP contribution in [0.2, 0.25) is 0 Å². The number of aryl methyl sites for hydroxylation is 2. The van der Waals surface area contributed by atoms with E-state index in [2.05, 4.69) is 8.83 Å². The Balaban J connectivity index is 0. The van der Waals surface area contributed by atoms with E-state index in [0.717, 1.165) is 12.1 Å². The molecule has 105 valence electrons. The fourth-order valence-corrected chi connectivity index (χ4v) is 1.00. The Kier molecular flexibility index (Phi) is 9.19. The van der Waals surface area contributed by atoms with Crippen molar-refractivity contribution in [2.75, 3.05) is 0 Å². The first kappa shape index (κ1) is 20.4. The van der Waals surface area contributed by atoms with Gasteiger partial charge in [0, 0.05) is 12.1 Å². The van der Waals surface area contributed by atoms with Gasteiger partial charge in [-0.15, -0.1) is 0 Å². The minimum atomic E-state index is -0.558. The first-order chi connectivity index (χ1) is 8.43. The zero-order chi connectivity index (χ0) is 13.7. The van der Waals surface area contributed by atoms with Crippen LogP contribution in [0.25, 0.3) is 0 Å². The second-order valence-electron chi connectivity index (χ2n) is 3.34. The predicted octanol–water partition coefficient (Wildman–Crippen LogP) is -0.0777. The topological polar surface area (TPSA) is 135 Å². The summed E-state index contributed by atoms with van der Waals surface area (Å²) < 4.78 is 9.25. The third-order valence-electron chi connectivity index (χ3n) is 2.02. The molecule has 2 aromatic rings. The van der Waals surface area contributed by atoms with Crippen LogP contribution in [-0.4, -0.2) is 0 Å². The first-order valence-electron chi connectivity index (χ1n) is 4.94. The van der Waals surface area contributed by atoms with Crippen LogP contribution in [-0.2, 0) is 24.0 Å². The van der Waals surface area contributed by atoms with Gasteiger partial charge in [0.15, 0.2) is 10.9 Å². The van der Waals surface area contributed by atoms with Crippen LogP contribution >= 0.6 is 0 Å². The van der Waals surface area contributed by atoms with Gasteiger partial charge in [-0.05, 0) is 25.3 Å². The molecule has 20 heavy (non-hydrogen) atoms. The molecule has 8 heteroatoms. The SMILES string of the molecule is Cc1occc(=O)c1[O-].Cc1occc(=O)c1[O-].[O-2].[V+4]. The summed E-state index contributed by atoms with van der Waals surface area (Å²) in [6.45, 7) is 2.92. The van der Waals surface area contributed by atoms with Gasteiger partial charge in [-0.2, -0.15) is 0 Å². The summed E-state index contributed by atoms with van der Waals surface area (Å²) >= 11 is 0. The quantitative estimate of drug-likeness (QED) is 0.667. The maximum Gasteiger partial charge on any atom is 4.00 e. The Morgan fingerprint density at radius 2 is 1.15 bits per heavy atom. The molecule has 0 N–H and O–H groups in total. The van der Waals surface area contributed by atoms with Gasteiger partial charge in [0.1, 0.15) is 0 Å². The molecule has 0 aliphatic heterocycles. The van der Waals surface area contributed by atoms with E-state index in [4.69, 9.17) is 0 Å². The van der Waals surface area contributed by atoms with Crippen molar-refractivity contribution in [2.24, 2.45) is 0 Å². The Labute approximate surface area is 125 Å². The van der Waals surface area contributed by atoms with Crippen LogP contribution in [0, 0.1) is 13.8 Å². The van der Waals surface area contributed by atoms with E-state index in [1.54, 1.807) is 0 Å². The summed E-state index contributed by atoms with van der Waals surface area (Å²) in [7, 11) is 0. The molecule has 0 atom stereocenters. The molecular formula is C12H10O7V. The second kappa shape index (κ2) is 9.03. The van der Waals surface area contributed by atoms with Crippen molar-refractivity contribution >= 4 is 0 Å². The molecule has 0 unspecified atom stereocenters. The minimum Gasteiger partial charge on any atom is -2.00 e. The Morgan fingerprint density at radius 3 is 1.35 bits per heavy atom. The van der Waals surface area contributed by atoms with Crippen LogP contribution < -0.4 is 21.1 Å². The van der Waals surface area contributed by atoms with Gasteiger partial charge < -0.3 is 24.5 Å². The van der Waals surface area contributed by atoms with Crippen molar-refractivity contribution in [3.63, 3.8) is 0 Å². The Hall–Kier alpha value is -1.96. The molecule has 0 saturated carbocycles. The summed E-state index contributed by atoms with van der Waals surface area (Å²) in [5.74, 6) is -0.833. The number of rotatable bonds is 0. The van der Waals surface area contributed by atoms with Crippen molar-refractivity contribution in [1.29, 1.82) is 0 Å². The molecule has 2 heterocycles. The van der Waals surface area contributed by atoms with Gasteiger partial charge >= 0.3 is 18.6 Å². The van der Waals surface area contributed by atoms with Crippen molar-refractivity contribution in [3.05, 3.63) is 56.6 Å². The molecule has 1 radical (unpaired) electrons. The number of hydrogen-bond acceptors (Lipinski definition) is 6. The molecule has 0 spiro atoms. The third-order valence-corrected chi connectivity index (χ3v) is 2.02. The smallest absolute Gasteiger partial charge is 2.00 e. The van der Waals surface area contributed by atoms with Crippen molar-refractivity contribution in [3.8, 4) is 11.5 Å². The van der Waals surface area contributed by atoms with E-state index in [-0.39, 0.29) is 35.6 Å². The van der Waals surface area contributed by atoms with Crippen LogP contribution in [0.5, 0.6) is 11.5 Å².